The van der Waals surface area contributed by atoms with Crippen molar-refractivity contribution in [2.24, 2.45) is 0 Å². The number of likely N-dealkylation sites (N-methyl/N-ethyl adjacent to an activating group) is 1. The first-order valence-electron chi connectivity index (χ1n) is 13.6. The first-order chi connectivity index (χ1) is 21.6. The highest BCUT2D eigenvalue weighted by Gasteiger charge is 2.48. The molecule has 2 N–H and O–H groups in total. The molecule has 2 amide bonds. The van der Waals surface area contributed by atoms with E-state index < -0.39 is 53.3 Å². The number of rotatable bonds is 7. The number of benzene rings is 2. The Labute approximate surface area is 263 Å². The van der Waals surface area contributed by atoms with Crippen molar-refractivity contribution >= 4 is 34.3 Å². The number of alkyl halides is 6. The van der Waals surface area contributed by atoms with Gasteiger partial charge in [0.2, 0.25) is 5.91 Å². The third-order valence-corrected chi connectivity index (χ3v) is 7.93. The molecule has 15 heteroatoms. The molecule has 0 saturated carbocycles. The number of carbonyl (C=O) groups excluding carboxylic acids is 2. The van der Waals surface area contributed by atoms with E-state index >= 15 is 0 Å². The average Bonchev–Trinajstić information content (AvgIpc) is 3.35. The normalized spacial score (nSPS) is 16.8. The molecule has 0 radical (unpaired) electrons. The van der Waals surface area contributed by atoms with Crippen molar-refractivity contribution in [1.82, 2.24) is 20.6 Å². The Kier molecular flexibility index (Phi) is 8.53. The molecule has 0 fully saturated rings. The van der Waals surface area contributed by atoms with Crippen LogP contribution in [0.3, 0.4) is 0 Å². The summed E-state index contributed by atoms with van der Waals surface area (Å²) in [5.74, 6) is -3.64. The summed E-state index contributed by atoms with van der Waals surface area (Å²) in [5.41, 5.74) is -2.72. The fourth-order valence-electron chi connectivity index (χ4n) is 5.22. The zero-order valence-electron chi connectivity index (χ0n) is 24.4. The van der Waals surface area contributed by atoms with Gasteiger partial charge < -0.3 is 20.1 Å². The van der Waals surface area contributed by atoms with E-state index in [0.717, 1.165) is 30.3 Å². The molecule has 0 aliphatic carbocycles. The van der Waals surface area contributed by atoms with Crippen LogP contribution in [0.1, 0.15) is 40.0 Å². The number of carbonyl (C=O) groups is 2. The summed E-state index contributed by atoms with van der Waals surface area (Å²) in [5, 5.41) is 5.45. The van der Waals surface area contributed by atoms with Gasteiger partial charge in [-0.15, -0.1) is 0 Å². The summed E-state index contributed by atoms with van der Waals surface area (Å²) in [6.07, 6.45) is -8.22. The lowest BCUT2D eigenvalue weighted by Gasteiger charge is -2.24. The van der Waals surface area contributed by atoms with E-state index in [1.807, 2.05) is 0 Å². The smallest absolute Gasteiger partial charge is 0.416 e. The number of methoxy groups -OCH3 is 1. The number of nitrogens with one attached hydrogen (secondary N) is 2. The van der Waals surface area contributed by atoms with Crippen LogP contribution in [-0.4, -0.2) is 55.3 Å². The maximum atomic E-state index is 14.6. The average molecular weight is 667 g/mol. The summed E-state index contributed by atoms with van der Waals surface area (Å²) >= 11 is 6.02. The quantitative estimate of drug-likeness (QED) is 0.220. The maximum absolute atomic E-state index is 14.6. The maximum Gasteiger partial charge on any atom is 0.416 e. The Balaban J connectivity index is 1.56. The summed E-state index contributed by atoms with van der Waals surface area (Å²) in [6.45, 7) is 0.250. The Morgan fingerprint density at radius 2 is 1.78 bits per heavy atom. The topological polar surface area (TPSA) is 102 Å². The van der Waals surface area contributed by atoms with Crippen LogP contribution >= 0.6 is 11.6 Å². The van der Waals surface area contributed by atoms with Crippen LogP contribution in [0.5, 0.6) is 11.5 Å². The Hall–Kier alpha value is -4.59. The lowest BCUT2D eigenvalue weighted by molar-refractivity contribution is -0.149. The second kappa shape index (κ2) is 12.0. The molecule has 3 heterocycles. The van der Waals surface area contributed by atoms with Gasteiger partial charge in [-0.25, -0.2) is 4.98 Å². The highest BCUT2D eigenvalue weighted by Crippen LogP contribution is 2.47. The minimum atomic E-state index is -4.95. The number of nitrogens with zero attached hydrogens (tertiary/aromatic N) is 2. The molecule has 1 aliphatic heterocycles. The number of pyridine rings is 2. The van der Waals surface area contributed by atoms with Crippen molar-refractivity contribution in [3.05, 3.63) is 82.1 Å². The zero-order valence-corrected chi connectivity index (χ0v) is 25.1. The van der Waals surface area contributed by atoms with E-state index in [2.05, 4.69) is 20.6 Å². The van der Waals surface area contributed by atoms with Crippen molar-refractivity contribution in [2.75, 3.05) is 27.3 Å². The van der Waals surface area contributed by atoms with Gasteiger partial charge in [-0.2, -0.15) is 26.3 Å². The van der Waals surface area contributed by atoms with Gasteiger partial charge in [0.15, 0.2) is 0 Å². The fraction of sp³-hybridized carbons (Fsp3) is 0.290. The number of hydrogen-bond donors (Lipinski definition) is 2. The lowest BCUT2D eigenvalue weighted by atomic mass is 9.82. The molecule has 5 rings (SSSR count). The van der Waals surface area contributed by atoms with E-state index in [9.17, 15) is 35.9 Å². The second-order valence-electron chi connectivity index (χ2n) is 10.8. The van der Waals surface area contributed by atoms with E-state index in [1.165, 1.54) is 45.5 Å². The molecule has 0 bridgehead atoms. The van der Waals surface area contributed by atoms with Crippen LogP contribution in [0.15, 0.2) is 54.7 Å². The predicted octanol–water partition coefficient (Wildman–Crippen LogP) is 6.45. The summed E-state index contributed by atoms with van der Waals surface area (Å²) < 4.78 is 94.6. The fourth-order valence-corrected chi connectivity index (χ4v) is 5.39. The molecule has 2 aromatic carbocycles. The molecule has 2 atom stereocenters. The predicted molar refractivity (Wildman–Crippen MR) is 156 cm³/mol. The molecular weight excluding hydrogens is 642 g/mol. The van der Waals surface area contributed by atoms with E-state index in [1.54, 1.807) is 0 Å². The van der Waals surface area contributed by atoms with Crippen LogP contribution in [0.2, 0.25) is 5.02 Å². The van der Waals surface area contributed by atoms with Crippen molar-refractivity contribution in [1.29, 1.82) is 0 Å². The van der Waals surface area contributed by atoms with Crippen LogP contribution in [0, 0.1) is 0 Å². The van der Waals surface area contributed by atoms with Crippen molar-refractivity contribution in [3.8, 4) is 22.8 Å². The molecule has 1 aliphatic rings. The molecule has 4 aromatic rings. The second-order valence-corrected chi connectivity index (χ2v) is 11.2. The van der Waals surface area contributed by atoms with Gasteiger partial charge in [0.1, 0.15) is 40.6 Å². The number of ether oxygens (including phenoxy) is 2. The van der Waals surface area contributed by atoms with Gasteiger partial charge in [0.05, 0.1) is 23.4 Å². The highest BCUT2D eigenvalue weighted by atomic mass is 35.5. The molecule has 242 valence electrons. The number of fused-ring (bicyclic) bond motifs is 2. The zero-order chi connectivity index (χ0) is 33.6. The number of halogens is 7. The number of amides is 2. The SMILES string of the molecule is CNC(=O)[C@@]1(C)COc2c1cc(C(CNC(=O)c1cc(OC)c3ncc(Cl)cc3c1)C(F)(F)F)nc2-c1ccc(C(F)(F)F)cc1. The van der Waals surface area contributed by atoms with Crippen molar-refractivity contribution in [3.63, 3.8) is 0 Å². The minimum Gasteiger partial charge on any atom is -0.494 e. The van der Waals surface area contributed by atoms with Crippen molar-refractivity contribution < 1.29 is 45.4 Å². The van der Waals surface area contributed by atoms with E-state index in [4.69, 9.17) is 21.1 Å². The Morgan fingerprint density at radius 3 is 2.39 bits per heavy atom. The van der Waals surface area contributed by atoms with Gasteiger partial charge >= 0.3 is 12.4 Å². The van der Waals surface area contributed by atoms with Gasteiger partial charge in [0.25, 0.3) is 5.91 Å². The van der Waals surface area contributed by atoms with E-state index in [-0.39, 0.29) is 45.5 Å². The van der Waals surface area contributed by atoms with Gasteiger partial charge in [-0.05, 0) is 43.3 Å². The number of hydrogen-bond acceptors (Lipinski definition) is 6. The summed E-state index contributed by atoms with van der Waals surface area (Å²) in [4.78, 5) is 34.4. The standard InChI is InChI=1S/C31H25ClF6N4O4/c1-29(28(44)39-2)14-46-26-20(29)11-22(42-25(26)15-4-6-18(7-5-15)30(33,34)35)21(31(36,37)38)13-41-27(43)17-8-16-9-19(32)12-40-24(16)23(10-17)45-3/h4-12,21H,13-14H2,1-3H3,(H,39,44)(H,41,43)/t21?,29-/m0/s1. The molecule has 2 aromatic heterocycles. The molecule has 8 nitrogen and oxygen atoms in total. The van der Waals surface area contributed by atoms with Crippen LogP contribution < -0.4 is 20.1 Å². The third-order valence-electron chi connectivity index (χ3n) is 7.72. The molecule has 0 saturated heterocycles. The van der Waals surface area contributed by atoms with Crippen LogP contribution in [0.25, 0.3) is 22.2 Å². The Bertz CT molecular complexity index is 1830. The molecule has 46 heavy (non-hydrogen) atoms. The monoisotopic (exact) mass is 666 g/mol. The third kappa shape index (κ3) is 6.13. The molecule has 0 spiro atoms. The molecule has 1 unspecified atom stereocenters. The summed E-state index contributed by atoms with van der Waals surface area (Å²) in [6, 6.07) is 8.99. The summed E-state index contributed by atoms with van der Waals surface area (Å²) in [7, 11) is 2.70. The van der Waals surface area contributed by atoms with Gasteiger partial charge in [-0.3, -0.25) is 14.6 Å². The minimum absolute atomic E-state index is 0.0257. The first kappa shape index (κ1) is 32.8. The molecular formula is C31H25ClF6N4O4. The van der Waals surface area contributed by atoms with Crippen LogP contribution in [-0.2, 0) is 16.4 Å². The lowest BCUT2D eigenvalue weighted by Crippen LogP contribution is -2.42. The highest BCUT2D eigenvalue weighted by molar-refractivity contribution is 6.31. The van der Waals surface area contributed by atoms with Gasteiger partial charge in [0, 0.05) is 41.9 Å². The Morgan fingerprint density at radius 1 is 1.09 bits per heavy atom. The van der Waals surface area contributed by atoms with Crippen LogP contribution in [0.4, 0.5) is 26.3 Å². The largest absolute Gasteiger partial charge is 0.494 e. The van der Waals surface area contributed by atoms with Crippen molar-refractivity contribution in [2.45, 2.75) is 30.6 Å². The van der Waals surface area contributed by atoms with E-state index in [0.29, 0.717) is 10.9 Å². The number of aromatic nitrogens is 2. The van der Waals surface area contributed by atoms with Gasteiger partial charge in [-0.1, -0.05) is 23.7 Å². The first-order valence-corrected chi connectivity index (χ1v) is 14.0.